The topological polar surface area (TPSA) is 103 Å². The van der Waals surface area contributed by atoms with Crippen molar-refractivity contribution in [1.82, 2.24) is 10.2 Å². The molecule has 0 aliphatic rings. The standard InChI is InChI=1S/C11H16N2O5/c1-13(6-8-3-5-18-7-8)11(17)12-9(2-4-14)10(15)16/h3,5,7,9,14H,2,4,6H2,1H3,(H,12,17)(H,15,16)/t9-/m0/s1. The van der Waals surface area contributed by atoms with Crippen LogP contribution >= 0.6 is 0 Å². The molecule has 0 saturated carbocycles. The molecule has 0 aromatic carbocycles. The predicted molar refractivity (Wildman–Crippen MR) is 61.8 cm³/mol. The number of rotatable bonds is 6. The summed E-state index contributed by atoms with van der Waals surface area (Å²) in [6, 6.07) is 0.109. The van der Waals surface area contributed by atoms with Crippen molar-refractivity contribution < 1.29 is 24.2 Å². The number of carboxylic acids is 1. The van der Waals surface area contributed by atoms with Crippen LogP contribution in [0, 0.1) is 0 Å². The molecule has 100 valence electrons. The van der Waals surface area contributed by atoms with Gasteiger partial charge in [-0.1, -0.05) is 0 Å². The molecule has 0 radical (unpaired) electrons. The van der Waals surface area contributed by atoms with Gasteiger partial charge >= 0.3 is 12.0 Å². The quantitative estimate of drug-likeness (QED) is 0.677. The van der Waals surface area contributed by atoms with Gasteiger partial charge in [-0.3, -0.25) is 0 Å². The summed E-state index contributed by atoms with van der Waals surface area (Å²) in [4.78, 5) is 23.8. The van der Waals surface area contributed by atoms with Crippen molar-refractivity contribution in [1.29, 1.82) is 0 Å². The van der Waals surface area contributed by atoms with Crippen LogP contribution in [0.4, 0.5) is 4.79 Å². The Bertz CT molecular complexity index is 390. The Kier molecular flexibility index (Phi) is 5.19. The van der Waals surface area contributed by atoms with Crippen molar-refractivity contribution in [3.05, 3.63) is 24.2 Å². The third-order valence-corrected chi connectivity index (χ3v) is 2.36. The minimum Gasteiger partial charge on any atom is -0.480 e. The molecule has 2 amide bonds. The molecule has 0 saturated heterocycles. The molecule has 0 unspecified atom stereocenters. The van der Waals surface area contributed by atoms with Crippen LogP contribution in [0.2, 0.25) is 0 Å². The van der Waals surface area contributed by atoms with Gasteiger partial charge in [-0.25, -0.2) is 9.59 Å². The van der Waals surface area contributed by atoms with Gasteiger partial charge in [-0.2, -0.15) is 0 Å². The SMILES string of the molecule is CN(Cc1ccoc1)C(=O)N[C@@H](CCO)C(=O)O. The molecule has 0 aliphatic carbocycles. The second kappa shape index (κ2) is 6.65. The molecule has 1 aromatic heterocycles. The summed E-state index contributed by atoms with van der Waals surface area (Å²) in [5.41, 5.74) is 0.807. The first-order chi connectivity index (χ1) is 8.54. The maximum absolute atomic E-state index is 11.7. The van der Waals surface area contributed by atoms with Gasteiger partial charge in [-0.05, 0) is 6.07 Å². The number of carbonyl (C=O) groups is 2. The molecule has 0 bridgehead atoms. The third-order valence-electron chi connectivity index (χ3n) is 2.36. The van der Waals surface area contributed by atoms with Gasteiger partial charge in [0.05, 0.1) is 19.1 Å². The van der Waals surface area contributed by atoms with Gasteiger partial charge in [0.1, 0.15) is 6.04 Å². The lowest BCUT2D eigenvalue weighted by molar-refractivity contribution is -0.139. The monoisotopic (exact) mass is 256 g/mol. The van der Waals surface area contributed by atoms with Crippen molar-refractivity contribution in [3.8, 4) is 0 Å². The number of carbonyl (C=O) groups excluding carboxylic acids is 1. The molecule has 0 aliphatic heterocycles. The van der Waals surface area contributed by atoms with Crippen LogP contribution in [0.15, 0.2) is 23.0 Å². The van der Waals surface area contributed by atoms with E-state index in [2.05, 4.69) is 5.32 Å². The zero-order valence-electron chi connectivity index (χ0n) is 10.00. The molecular weight excluding hydrogens is 240 g/mol. The molecule has 3 N–H and O–H groups in total. The van der Waals surface area contributed by atoms with Crippen LogP contribution in [0.25, 0.3) is 0 Å². The van der Waals surface area contributed by atoms with Gasteiger partial charge in [0, 0.05) is 25.6 Å². The molecule has 7 nitrogen and oxygen atoms in total. The number of aliphatic hydroxyl groups is 1. The van der Waals surface area contributed by atoms with E-state index in [9.17, 15) is 9.59 Å². The lowest BCUT2D eigenvalue weighted by Crippen LogP contribution is -2.46. The largest absolute Gasteiger partial charge is 0.480 e. The summed E-state index contributed by atoms with van der Waals surface area (Å²) in [6.07, 6.45) is 2.97. The highest BCUT2D eigenvalue weighted by molar-refractivity contribution is 5.82. The average molecular weight is 256 g/mol. The van der Waals surface area contributed by atoms with Gasteiger partial charge in [-0.15, -0.1) is 0 Å². The Morgan fingerprint density at radius 2 is 2.28 bits per heavy atom. The fourth-order valence-corrected chi connectivity index (χ4v) is 1.37. The van der Waals surface area contributed by atoms with E-state index < -0.39 is 18.0 Å². The number of aliphatic carboxylic acids is 1. The van der Waals surface area contributed by atoms with E-state index in [0.717, 1.165) is 5.56 Å². The van der Waals surface area contributed by atoms with E-state index in [4.69, 9.17) is 14.6 Å². The van der Waals surface area contributed by atoms with Gasteiger partial charge in [0.25, 0.3) is 0 Å². The Balaban J connectivity index is 2.50. The maximum Gasteiger partial charge on any atom is 0.326 e. The normalized spacial score (nSPS) is 11.9. The van der Waals surface area contributed by atoms with Gasteiger partial charge in [0.15, 0.2) is 0 Å². The fraction of sp³-hybridized carbons (Fsp3) is 0.455. The van der Waals surface area contributed by atoms with Gasteiger partial charge < -0.3 is 24.8 Å². The first-order valence-electron chi connectivity index (χ1n) is 5.41. The van der Waals surface area contributed by atoms with Crippen LogP contribution < -0.4 is 5.32 Å². The van der Waals surface area contributed by atoms with Crippen molar-refractivity contribution in [3.63, 3.8) is 0 Å². The van der Waals surface area contributed by atoms with Crippen molar-refractivity contribution in [2.75, 3.05) is 13.7 Å². The first-order valence-corrected chi connectivity index (χ1v) is 5.41. The minimum atomic E-state index is -1.17. The number of furan rings is 1. The van der Waals surface area contributed by atoms with E-state index in [1.807, 2.05) is 0 Å². The summed E-state index contributed by atoms with van der Waals surface area (Å²) >= 11 is 0. The summed E-state index contributed by atoms with van der Waals surface area (Å²) in [7, 11) is 1.54. The summed E-state index contributed by atoms with van der Waals surface area (Å²) in [6.45, 7) is 0.0104. The van der Waals surface area contributed by atoms with E-state index in [1.165, 1.54) is 17.4 Å². The summed E-state index contributed by atoms with van der Waals surface area (Å²) < 4.78 is 4.87. The van der Waals surface area contributed by atoms with Crippen LogP contribution in [0.1, 0.15) is 12.0 Å². The molecule has 7 heteroatoms. The number of nitrogens with one attached hydrogen (secondary N) is 1. The van der Waals surface area contributed by atoms with Crippen LogP contribution in [0.5, 0.6) is 0 Å². The molecule has 18 heavy (non-hydrogen) atoms. The molecular formula is C11H16N2O5. The number of carboxylic acid groups (broad SMARTS) is 1. The molecule has 1 atom stereocenters. The lowest BCUT2D eigenvalue weighted by atomic mass is 10.2. The second-order valence-corrected chi connectivity index (χ2v) is 3.84. The maximum atomic E-state index is 11.7. The average Bonchev–Trinajstić information content (AvgIpc) is 2.80. The highest BCUT2D eigenvalue weighted by atomic mass is 16.4. The number of aliphatic hydroxyl groups excluding tert-OH is 1. The molecule has 1 aromatic rings. The zero-order chi connectivity index (χ0) is 13.5. The molecule has 0 spiro atoms. The molecule has 0 fully saturated rings. The second-order valence-electron chi connectivity index (χ2n) is 3.84. The van der Waals surface area contributed by atoms with Crippen molar-refractivity contribution in [2.24, 2.45) is 0 Å². The van der Waals surface area contributed by atoms with Crippen molar-refractivity contribution >= 4 is 12.0 Å². The number of amides is 2. The fourth-order valence-electron chi connectivity index (χ4n) is 1.37. The highest BCUT2D eigenvalue weighted by Crippen LogP contribution is 2.04. The number of urea groups is 1. The first kappa shape index (κ1) is 14.0. The lowest BCUT2D eigenvalue weighted by Gasteiger charge is -2.20. The third kappa shape index (κ3) is 4.10. The van der Waals surface area contributed by atoms with E-state index in [0.29, 0.717) is 6.54 Å². The number of hydrogen-bond acceptors (Lipinski definition) is 4. The highest BCUT2D eigenvalue weighted by Gasteiger charge is 2.21. The Hall–Kier alpha value is -2.02. The minimum absolute atomic E-state index is 0.0272. The predicted octanol–water partition coefficient (Wildman–Crippen LogP) is 0.257. The Morgan fingerprint density at radius 1 is 1.56 bits per heavy atom. The van der Waals surface area contributed by atoms with Crippen molar-refractivity contribution in [2.45, 2.75) is 19.0 Å². The van der Waals surface area contributed by atoms with Crippen LogP contribution in [-0.4, -0.2) is 46.8 Å². The number of nitrogens with zero attached hydrogens (tertiary/aromatic N) is 1. The smallest absolute Gasteiger partial charge is 0.326 e. The summed E-state index contributed by atoms with van der Waals surface area (Å²) in [5, 5.41) is 19.9. The van der Waals surface area contributed by atoms with E-state index >= 15 is 0 Å². The molecule has 1 heterocycles. The Labute approximate surface area is 104 Å². The molecule has 1 rings (SSSR count). The zero-order valence-corrected chi connectivity index (χ0v) is 10.00. The van der Waals surface area contributed by atoms with E-state index in [1.54, 1.807) is 13.1 Å². The van der Waals surface area contributed by atoms with Crippen LogP contribution in [-0.2, 0) is 11.3 Å². The Morgan fingerprint density at radius 3 is 2.78 bits per heavy atom. The summed E-state index contributed by atoms with van der Waals surface area (Å²) in [5.74, 6) is -1.17. The van der Waals surface area contributed by atoms with Crippen LogP contribution in [0.3, 0.4) is 0 Å². The number of hydrogen-bond donors (Lipinski definition) is 3. The van der Waals surface area contributed by atoms with Gasteiger partial charge in [0.2, 0.25) is 0 Å². The van der Waals surface area contributed by atoms with E-state index in [-0.39, 0.29) is 13.0 Å².